The predicted molar refractivity (Wildman–Crippen MR) is 118 cm³/mol. The molecule has 2 aromatic carbocycles. The van der Waals surface area contributed by atoms with Crippen LogP contribution in [-0.4, -0.2) is 53.5 Å². The Hall–Kier alpha value is -3.39. The summed E-state index contributed by atoms with van der Waals surface area (Å²) in [5.74, 6) is -1.71. The van der Waals surface area contributed by atoms with Gasteiger partial charge in [0.15, 0.2) is 6.10 Å². The molecule has 8 nitrogen and oxygen atoms in total. The molecule has 2 atom stereocenters. The fourth-order valence-electron chi connectivity index (χ4n) is 3.87. The highest BCUT2D eigenvalue weighted by atomic mass is 16.5. The highest BCUT2D eigenvalue weighted by Gasteiger charge is 2.29. The van der Waals surface area contributed by atoms with Crippen molar-refractivity contribution in [2.24, 2.45) is 0 Å². The summed E-state index contributed by atoms with van der Waals surface area (Å²) in [6, 6.07) is 15.7. The molecule has 0 saturated heterocycles. The first-order valence-electron chi connectivity index (χ1n) is 10.7. The Bertz CT molecular complexity index is 931. The van der Waals surface area contributed by atoms with E-state index in [1.54, 1.807) is 0 Å². The van der Waals surface area contributed by atoms with Gasteiger partial charge in [-0.2, -0.15) is 0 Å². The van der Waals surface area contributed by atoms with Gasteiger partial charge in [-0.25, -0.2) is 9.59 Å². The molecule has 1 aliphatic rings. The lowest BCUT2D eigenvalue weighted by Crippen LogP contribution is -2.40. The van der Waals surface area contributed by atoms with E-state index in [9.17, 15) is 19.5 Å². The van der Waals surface area contributed by atoms with Gasteiger partial charge in [-0.1, -0.05) is 55.5 Å². The Balaban J connectivity index is 1.50. The van der Waals surface area contributed by atoms with Crippen LogP contribution in [0.15, 0.2) is 48.5 Å². The zero-order valence-electron chi connectivity index (χ0n) is 17.9. The molecule has 1 aliphatic carbocycles. The first-order valence-corrected chi connectivity index (χ1v) is 10.7. The number of aliphatic hydroxyl groups is 1. The summed E-state index contributed by atoms with van der Waals surface area (Å²) in [4.78, 5) is 35.0. The molecule has 0 saturated carbocycles. The summed E-state index contributed by atoms with van der Waals surface area (Å²) in [5, 5.41) is 23.1. The maximum absolute atomic E-state index is 12.4. The van der Waals surface area contributed by atoms with Gasteiger partial charge in [0.1, 0.15) is 6.61 Å². The van der Waals surface area contributed by atoms with Gasteiger partial charge in [-0.15, -0.1) is 0 Å². The summed E-state index contributed by atoms with van der Waals surface area (Å²) < 4.78 is 5.51. The Labute approximate surface area is 186 Å². The maximum Gasteiger partial charge on any atom is 0.407 e. The Morgan fingerprint density at radius 1 is 1.03 bits per heavy atom. The quantitative estimate of drug-likeness (QED) is 0.450. The van der Waals surface area contributed by atoms with Crippen LogP contribution in [0.5, 0.6) is 0 Å². The van der Waals surface area contributed by atoms with Crippen LogP contribution in [-0.2, 0) is 14.3 Å². The second-order valence-electron chi connectivity index (χ2n) is 7.77. The largest absolute Gasteiger partial charge is 0.479 e. The molecule has 0 heterocycles. The van der Waals surface area contributed by atoms with E-state index in [1.165, 1.54) is 0 Å². The van der Waals surface area contributed by atoms with Crippen molar-refractivity contribution in [1.29, 1.82) is 0 Å². The number of fused-ring (bicyclic) bond motifs is 3. The molecule has 0 radical (unpaired) electrons. The van der Waals surface area contributed by atoms with E-state index < -0.39 is 24.2 Å². The van der Waals surface area contributed by atoms with Crippen LogP contribution in [0.1, 0.15) is 43.2 Å². The number of alkyl carbamates (subject to hydrolysis) is 1. The van der Waals surface area contributed by atoms with Gasteiger partial charge >= 0.3 is 12.1 Å². The summed E-state index contributed by atoms with van der Waals surface area (Å²) in [7, 11) is 0. The van der Waals surface area contributed by atoms with E-state index in [0.717, 1.165) is 22.3 Å². The second-order valence-corrected chi connectivity index (χ2v) is 7.77. The van der Waals surface area contributed by atoms with Crippen LogP contribution in [0.3, 0.4) is 0 Å². The van der Waals surface area contributed by atoms with Crippen molar-refractivity contribution in [2.75, 3.05) is 13.2 Å². The number of carboxylic acids is 1. The number of hydrogen-bond donors (Lipinski definition) is 4. The molecule has 2 amide bonds. The minimum absolute atomic E-state index is 0.0316. The third-order valence-corrected chi connectivity index (χ3v) is 5.62. The molecule has 0 spiro atoms. The molecule has 0 fully saturated rings. The maximum atomic E-state index is 12.4. The molecule has 4 N–H and O–H groups in total. The number of ether oxygens (including phenoxy) is 1. The summed E-state index contributed by atoms with van der Waals surface area (Å²) >= 11 is 0. The Morgan fingerprint density at radius 3 is 2.19 bits per heavy atom. The van der Waals surface area contributed by atoms with E-state index in [2.05, 4.69) is 22.8 Å². The average Bonchev–Trinajstić information content (AvgIpc) is 3.10. The molecule has 0 aromatic heterocycles. The molecule has 1 unspecified atom stereocenters. The van der Waals surface area contributed by atoms with Gasteiger partial charge in [0.05, 0.1) is 0 Å². The van der Waals surface area contributed by atoms with Crippen LogP contribution in [0.4, 0.5) is 4.79 Å². The monoisotopic (exact) mass is 440 g/mol. The van der Waals surface area contributed by atoms with E-state index in [4.69, 9.17) is 9.84 Å². The number of aliphatic carboxylic acids is 1. The molecule has 0 aliphatic heterocycles. The van der Waals surface area contributed by atoms with Crippen LogP contribution < -0.4 is 10.6 Å². The molecule has 32 heavy (non-hydrogen) atoms. The number of hydrogen-bond acceptors (Lipinski definition) is 5. The van der Waals surface area contributed by atoms with Crippen molar-refractivity contribution in [3.05, 3.63) is 59.7 Å². The molecular formula is C24H28N2O6. The lowest BCUT2D eigenvalue weighted by molar-refractivity contribution is -0.147. The third-order valence-electron chi connectivity index (χ3n) is 5.62. The lowest BCUT2D eigenvalue weighted by atomic mass is 9.98. The van der Waals surface area contributed by atoms with E-state index >= 15 is 0 Å². The highest BCUT2D eigenvalue weighted by molar-refractivity contribution is 5.79. The minimum Gasteiger partial charge on any atom is -0.479 e. The predicted octanol–water partition coefficient (Wildman–Crippen LogP) is 2.65. The zero-order valence-corrected chi connectivity index (χ0v) is 17.9. The fourth-order valence-corrected chi connectivity index (χ4v) is 3.87. The number of nitrogens with one attached hydrogen (secondary N) is 2. The summed E-state index contributed by atoms with van der Waals surface area (Å²) in [5.41, 5.74) is 4.54. The zero-order chi connectivity index (χ0) is 23.1. The lowest BCUT2D eigenvalue weighted by Gasteiger charge is -2.19. The summed E-state index contributed by atoms with van der Waals surface area (Å²) in [6.07, 6.45) is -1.64. The number of aliphatic hydroxyl groups excluding tert-OH is 1. The van der Waals surface area contributed by atoms with Crippen molar-refractivity contribution in [3.63, 3.8) is 0 Å². The Morgan fingerprint density at radius 2 is 1.62 bits per heavy atom. The number of carbonyl (C=O) groups excluding carboxylic acids is 2. The van der Waals surface area contributed by atoms with Gasteiger partial charge < -0.3 is 25.6 Å². The molecule has 170 valence electrons. The molecule has 3 rings (SSSR count). The third kappa shape index (κ3) is 5.64. The van der Waals surface area contributed by atoms with Gasteiger partial charge in [-0.3, -0.25) is 4.79 Å². The van der Waals surface area contributed by atoms with Crippen molar-refractivity contribution < 1.29 is 29.3 Å². The summed E-state index contributed by atoms with van der Waals surface area (Å²) in [6.45, 7) is 2.07. The second kappa shape index (κ2) is 10.8. The van der Waals surface area contributed by atoms with Crippen molar-refractivity contribution in [1.82, 2.24) is 10.6 Å². The molecule has 8 heteroatoms. The van der Waals surface area contributed by atoms with Gasteiger partial charge in [0, 0.05) is 31.3 Å². The molecule has 0 bridgehead atoms. The van der Waals surface area contributed by atoms with Gasteiger partial charge in [-0.05, 0) is 28.7 Å². The van der Waals surface area contributed by atoms with Crippen LogP contribution >= 0.6 is 0 Å². The van der Waals surface area contributed by atoms with Crippen molar-refractivity contribution in [2.45, 2.75) is 44.2 Å². The van der Waals surface area contributed by atoms with Crippen LogP contribution in [0.25, 0.3) is 11.1 Å². The van der Waals surface area contributed by atoms with Crippen molar-refractivity contribution in [3.8, 4) is 11.1 Å². The fraction of sp³-hybridized carbons (Fsp3) is 0.375. The number of carbonyl (C=O) groups is 3. The standard InChI is InChI=1S/C24H28N2O6/c1-2-15(13-22(28)25-12-11-21(27)23(29)30)26-24(31)32-14-20-18-9-5-3-7-16(18)17-8-4-6-10-19(17)20/h3-10,15,20-21,27H,2,11-14H2,1H3,(H,25,28)(H,26,31)(H,29,30)/t15-,21?/m0/s1. The van der Waals surface area contributed by atoms with Crippen LogP contribution in [0, 0.1) is 0 Å². The smallest absolute Gasteiger partial charge is 0.407 e. The topological polar surface area (TPSA) is 125 Å². The number of rotatable bonds is 10. The minimum atomic E-state index is -1.52. The van der Waals surface area contributed by atoms with Crippen molar-refractivity contribution >= 4 is 18.0 Å². The SMILES string of the molecule is CC[C@@H](CC(=O)NCCC(O)C(=O)O)NC(=O)OCC1c2ccccc2-c2ccccc21. The number of amides is 2. The Kier molecular flexibility index (Phi) is 7.83. The highest BCUT2D eigenvalue weighted by Crippen LogP contribution is 2.44. The van der Waals surface area contributed by atoms with E-state index in [0.29, 0.717) is 6.42 Å². The van der Waals surface area contributed by atoms with E-state index in [1.807, 2.05) is 43.3 Å². The first kappa shape index (κ1) is 23.3. The normalized spacial score (nSPS) is 14.1. The van der Waals surface area contributed by atoms with Gasteiger partial charge in [0.25, 0.3) is 0 Å². The molecule has 2 aromatic rings. The van der Waals surface area contributed by atoms with Crippen LogP contribution in [0.2, 0.25) is 0 Å². The average molecular weight is 440 g/mol. The first-order chi connectivity index (χ1) is 15.4. The number of carboxylic acid groups (broad SMARTS) is 1. The van der Waals surface area contributed by atoms with E-state index in [-0.39, 0.29) is 37.8 Å². The van der Waals surface area contributed by atoms with Gasteiger partial charge in [0.2, 0.25) is 5.91 Å². The molecular weight excluding hydrogens is 412 g/mol. The number of benzene rings is 2.